The van der Waals surface area contributed by atoms with Gasteiger partial charge in [0.15, 0.2) is 0 Å². The van der Waals surface area contributed by atoms with Crippen LogP contribution in [0.5, 0.6) is 0 Å². The SMILES string of the molecule is CNC1CCC(NC(=O)c2ccc(Br)cc2F)CC1. The summed E-state index contributed by atoms with van der Waals surface area (Å²) in [4.78, 5) is 12.0. The van der Waals surface area contributed by atoms with Crippen molar-refractivity contribution < 1.29 is 9.18 Å². The minimum atomic E-state index is -0.490. The molecule has 19 heavy (non-hydrogen) atoms. The molecule has 1 aromatic carbocycles. The van der Waals surface area contributed by atoms with Gasteiger partial charge in [-0.2, -0.15) is 0 Å². The van der Waals surface area contributed by atoms with Gasteiger partial charge >= 0.3 is 0 Å². The van der Waals surface area contributed by atoms with Crippen molar-refractivity contribution in [3.63, 3.8) is 0 Å². The van der Waals surface area contributed by atoms with Crippen LogP contribution in [-0.4, -0.2) is 25.0 Å². The van der Waals surface area contributed by atoms with Crippen LogP contribution in [0.3, 0.4) is 0 Å². The molecule has 0 radical (unpaired) electrons. The third kappa shape index (κ3) is 3.76. The van der Waals surface area contributed by atoms with Crippen LogP contribution in [0.15, 0.2) is 22.7 Å². The van der Waals surface area contributed by atoms with Crippen LogP contribution in [0.4, 0.5) is 4.39 Å². The minimum absolute atomic E-state index is 0.110. The molecular formula is C14H18BrFN2O. The fourth-order valence-corrected chi connectivity index (χ4v) is 2.80. The summed E-state index contributed by atoms with van der Waals surface area (Å²) in [7, 11) is 1.96. The largest absolute Gasteiger partial charge is 0.349 e. The summed E-state index contributed by atoms with van der Waals surface area (Å²) in [5.41, 5.74) is 0.110. The Bertz CT molecular complexity index is 459. The Morgan fingerprint density at radius 3 is 2.47 bits per heavy atom. The van der Waals surface area contributed by atoms with Crippen LogP contribution in [0.2, 0.25) is 0 Å². The second-order valence-electron chi connectivity index (χ2n) is 4.93. The quantitative estimate of drug-likeness (QED) is 0.895. The molecule has 1 aromatic rings. The normalized spacial score (nSPS) is 23.1. The molecule has 0 spiro atoms. The zero-order valence-electron chi connectivity index (χ0n) is 10.9. The van der Waals surface area contributed by atoms with Crippen molar-refractivity contribution in [2.45, 2.75) is 37.8 Å². The third-order valence-electron chi connectivity index (χ3n) is 3.65. The summed E-state index contributed by atoms with van der Waals surface area (Å²) in [5, 5.41) is 6.16. The molecule has 1 aliphatic carbocycles. The monoisotopic (exact) mass is 328 g/mol. The molecule has 0 heterocycles. The van der Waals surface area contributed by atoms with Crippen LogP contribution in [0.1, 0.15) is 36.0 Å². The molecule has 5 heteroatoms. The molecule has 104 valence electrons. The van der Waals surface area contributed by atoms with Crippen molar-refractivity contribution in [1.82, 2.24) is 10.6 Å². The number of halogens is 2. The van der Waals surface area contributed by atoms with Gasteiger partial charge in [0.1, 0.15) is 5.82 Å². The van der Waals surface area contributed by atoms with Crippen molar-refractivity contribution >= 4 is 21.8 Å². The first-order valence-corrected chi connectivity index (χ1v) is 7.32. The Morgan fingerprint density at radius 1 is 1.26 bits per heavy atom. The average molecular weight is 329 g/mol. The van der Waals surface area contributed by atoms with Crippen LogP contribution in [0.25, 0.3) is 0 Å². The molecule has 0 aliphatic heterocycles. The van der Waals surface area contributed by atoms with E-state index in [1.54, 1.807) is 6.07 Å². The molecule has 0 aromatic heterocycles. The molecule has 1 fully saturated rings. The Hall–Kier alpha value is -0.940. The number of carbonyl (C=O) groups excluding carboxylic acids is 1. The number of carbonyl (C=O) groups is 1. The van der Waals surface area contributed by atoms with Crippen molar-refractivity contribution in [1.29, 1.82) is 0 Å². The Labute approximate surface area is 121 Å². The van der Waals surface area contributed by atoms with Gasteiger partial charge in [-0.15, -0.1) is 0 Å². The van der Waals surface area contributed by atoms with Crippen LogP contribution in [0, 0.1) is 5.82 Å². The van der Waals surface area contributed by atoms with Gasteiger partial charge in [0.2, 0.25) is 0 Å². The van der Waals surface area contributed by atoms with Gasteiger partial charge in [0, 0.05) is 16.6 Å². The highest BCUT2D eigenvalue weighted by molar-refractivity contribution is 9.10. The Morgan fingerprint density at radius 2 is 1.89 bits per heavy atom. The topological polar surface area (TPSA) is 41.1 Å². The van der Waals surface area contributed by atoms with E-state index < -0.39 is 5.82 Å². The molecule has 1 saturated carbocycles. The maximum absolute atomic E-state index is 13.7. The van der Waals surface area contributed by atoms with Crippen molar-refractivity contribution in [3.05, 3.63) is 34.1 Å². The number of nitrogens with one attached hydrogen (secondary N) is 2. The maximum atomic E-state index is 13.7. The first-order chi connectivity index (χ1) is 9.10. The van der Waals surface area contributed by atoms with E-state index in [0.29, 0.717) is 10.5 Å². The first kappa shape index (κ1) is 14.5. The molecule has 1 aliphatic rings. The summed E-state index contributed by atoms with van der Waals surface area (Å²) < 4.78 is 14.3. The van der Waals surface area contributed by atoms with E-state index in [-0.39, 0.29) is 17.5 Å². The highest BCUT2D eigenvalue weighted by Gasteiger charge is 2.22. The standard InChI is InChI=1S/C14H18BrFN2O/c1-17-10-3-5-11(6-4-10)18-14(19)12-7-2-9(15)8-13(12)16/h2,7-8,10-11,17H,3-6H2,1H3,(H,18,19). The molecule has 0 atom stereocenters. The van der Waals surface area contributed by atoms with E-state index in [2.05, 4.69) is 26.6 Å². The van der Waals surface area contributed by atoms with Gasteiger partial charge in [0.05, 0.1) is 5.56 Å². The summed E-state index contributed by atoms with van der Waals surface area (Å²) in [6, 6.07) is 5.19. The lowest BCUT2D eigenvalue weighted by atomic mass is 9.91. The zero-order chi connectivity index (χ0) is 13.8. The van der Waals surface area contributed by atoms with E-state index in [9.17, 15) is 9.18 Å². The van der Waals surface area contributed by atoms with E-state index in [1.807, 2.05) is 7.05 Å². The lowest BCUT2D eigenvalue weighted by molar-refractivity contribution is 0.0920. The highest BCUT2D eigenvalue weighted by atomic mass is 79.9. The summed E-state index contributed by atoms with van der Waals surface area (Å²) in [5.74, 6) is -0.811. The second-order valence-corrected chi connectivity index (χ2v) is 5.85. The minimum Gasteiger partial charge on any atom is -0.349 e. The molecule has 2 rings (SSSR count). The van der Waals surface area contributed by atoms with Crippen molar-refractivity contribution in [3.8, 4) is 0 Å². The van der Waals surface area contributed by atoms with Gasteiger partial charge in [-0.25, -0.2) is 4.39 Å². The van der Waals surface area contributed by atoms with Gasteiger partial charge < -0.3 is 10.6 Å². The second kappa shape index (κ2) is 6.48. The lowest BCUT2D eigenvalue weighted by Gasteiger charge is -2.28. The summed E-state index contributed by atoms with van der Waals surface area (Å²) in [6.07, 6.45) is 3.97. The zero-order valence-corrected chi connectivity index (χ0v) is 12.5. The third-order valence-corrected chi connectivity index (χ3v) is 4.14. The van der Waals surface area contributed by atoms with Crippen molar-refractivity contribution in [2.24, 2.45) is 0 Å². The lowest BCUT2D eigenvalue weighted by Crippen LogP contribution is -2.41. The number of hydrogen-bond acceptors (Lipinski definition) is 2. The summed E-state index contributed by atoms with van der Waals surface area (Å²) >= 11 is 3.18. The predicted molar refractivity (Wildman–Crippen MR) is 76.7 cm³/mol. The van der Waals surface area contributed by atoms with Crippen LogP contribution < -0.4 is 10.6 Å². The molecule has 0 bridgehead atoms. The molecule has 2 N–H and O–H groups in total. The van der Waals surface area contributed by atoms with Gasteiger partial charge in [-0.05, 0) is 50.9 Å². The molecular weight excluding hydrogens is 311 g/mol. The fourth-order valence-electron chi connectivity index (χ4n) is 2.46. The fraction of sp³-hybridized carbons (Fsp3) is 0.500. The van der Waals surface area contributed by atoms with E-state index in [1.165, 1.54) is 12.1 Å². The first-order valence-electron chi connectivity index (χ1n) is 6.53. The van der Waals surface area contributed by atoms with Gasteiger partial charge in [-0.3, -0.25) is 4.79 Å². The summed E-state index contributed by atoms with van der Waals surface area (Å²) in [6.45, 7) is 0. The molecule has 1 amide bonds. The predicted octanol–water partition coefficient (Wildman–Crippen LogP) is 2.85. The molecule has 0 saturated heterocycles. The van der Waals surface area contributed by atoms with Gasteiger partial charge in [0.25, 0.3) is 5.91 Å². The van der Waals surface area contributed by atoms with E-state index in [0.717, 1.165) is 25.7 Å². The Balaban J connectivity index is 1.94. The van der Waals surface area contributed by atoms with Crippen LogP contribution >= 0.6 is 15.9 Å². The smallest absolute Gasteiger partial charge is 0.254 e. The molecule has 3 nitrogen and oxygen atoms in total. The highest BCUT2D eigenvalue weighted by Crippen LogP contribution is 2.20. The number of hydrogen-bond donors (Lipinski definition) is 2. The molecule has 0 unspecified atom stereocenters. The van der Waals surface area contributed by atoms with E-state index >= 15 is 0 Å². The van der Waals surface area contributed by atoms with E-state index in [4.69, 9.17) is 0 Å². The number of benzene rings is 1. The van der Waals surface area contributed by atoms with Gasteiger partial charge in [-0.1, -0.05) is 15.9 Å². The number of rotatable bonds is 3. The van der Waals surface area contributed by atoms with Crippen LogP contribution in [-0.2, 0) is 0 Å². The maximum Gasteiger partial charge on any atom is 0.254 e. The van der Waals surface area contributed by atoms with Crippen molar-refractivity contribution in [2.75, 3.05) is 7.05 Å². The Kier molecular flexibility index (Phi) is 4.93. The average Bonchev–Trinajstić information content (AvgIpc) is 2.39. The number of amides is 1.